The molecule has 17 heavy (non-hydrogen) atoms. The van der Waals surface area contributed by atoms with Crippen LogP contribution in [0.4, 0.5) is 0 Å². The Kier molecular flexibility index (Phi) is 15.9. The van der Waals surface area contributed by atoms with E-state index in [2.05, 4.69) is 27.7 Å². The molecule has 0 heterocycles. The molecular formula is C13H28AlO3. The molecule has 0 fully saturated rings. The largest absolute Gasteiger partial charge is 0.481 e. The fourth-order valence-corrected chi connectivity index (χ4v) is 2.59. The van der Waals surface area contributed by atoms with E-state index >= 15 is 0 Å². The van der Waals surface area contributed by atoms with Crippen LogP contribution in [0.2, 0.25) is 10.6 Å². The molecule has 4 heteroatoms. The summed E-state index contributed by atoms with van der Waals surface area (Å²) in [5, 5.41) is 11.0. The normalized spacial score (nSPS) is 10.1. The SMILES string of the molecule is CC(C)[CH2][Al][CH2]C(C)C.CCOCCC(=O)O. The molecule has 0 aliphatic carbocycles. The Morgan fingerprint density at radius 3 is 1.94 bits per heavy atom. The Morgan fingerprint density at radius 1 is 1.18 bits per heavy atom. The number of hydrogen-bond donors (Lipinski definition) is 1. The highest BCUT2D eigenvalue weighted by atomic mass is 27.1. The third-order valence-electron chi connectivity index (χ3n) is 1.94. The summed E-state index contributed by atoms with van der Waals surface area (Å²) in [6, 6.07) is 0. The van der Waals surface area contributed by atoms with Crippen LogP contribution in [0.15, 0.2) is 0 Å². The summed E-state index contributed by atoms with van der Waals surface area (Å²) in [5.41, 5.74) is 0. The molecular weight excluding hydrogens is 231 g/mol. The van der Waals surface area contributed by atoms with E-state index < -0.39 is 5.97 Å². The van der Waals surface area contributed by atoms with E-state index in [1.165, 1.54) is 10.6 Å². The Bertz CT molecular complexity index is 162. The quantitative estimate of drug-likeness (QED) is 0.537. The van der Waals surface area contributed by atoms with Gasteiger partial charge >= 0.3 is 5.97 Å². The van der Waals surface area contributed by atoms with Gasteiger partial charge in [-0.3, -0.25) is 4.79 Å². The van der Waals surface area contributed by atoms with Gasteiger partial charge in [0.25, 0.3) is 0 Å². The standard InChI is InChI=1S/C5H10O3.2C4H9.Al/c1-2-8-4-3-5(6)7;2*1-4(2)3;/h2-4H2,1H3,(H,6,7);2*4H,1H2,2-3H3;. The van der Waals surface area contributed by atoms with E-state index in [1.807, 2.05) is 6.92 Å². The maximum Gasteiger partial charge on any atom is 0.305 e. The van der Waals surface area contributed by atoms with Crippen molar-refractivity contribution in [2.75, 3.05) is 13.2 Å². The molecule has 1 N–H and O–H groups in total. The van der Waals surface area contributed by atoms with Crippen LogP contribution in [0.5, 0.6) is 0 Å². The molecule has 0 amide bonds. The highest BCUT2D eigenvalue weighted by Gasteiger charge is 1.98. The smallest absolute Gasteiger partial charge is 0.305 e. The third-order valence-corrected chi connectivity index (χ3v) is 4.49. The first-order valence-electron chi connectivity index (χ1n) is 6.51. The lowest BCUT2D eigenvalue weighted by Crippen LogP contribution is -2.01. The minimum absolute atomic E-state index is 0.105. The summed E-state index contributed by atoms with van der Waals surface area (Å²) in [6.07, 6.45) is 0.105. The second-order valence-corrected chi connectivity index (χ2v) is 6.41. The van der Waals surface area contributed by atoms with Gasteiger partial charge in [0.2, 0.25) is 15.2 Å². The lowest BCUT2D eigenvalue weighted by molar-refractivity contribution is -0.138. The van der Waals surface area contributed by atoms with Gasteiger partial charge in [-0.1, -0.05) is 39.5 Å². The first-order valence-corrected chi connectivity index (χ1v) is 8.14. The first kappa shape index (κ1) is 19.3. The molecule has 0 unspecified atom stereocenters. The van der Waals surface area contributed by atoms with E-state index in [9.17, 15) is 4.79 Å². The van der Waals surface area contributed by atoms with Crippen LogP contribution in [0, 0.1) is 11.8 Å². The fraction of sp³-hybridized carbons (Fsp3) is 0.923. The van der Waals surface area contributed by atoms with Gasteiger partial charge in [-0.2, -0.15) is 0 Å². The number of hydrogen-bond acceptors (Lipinski definition) is 2. The van der Waals surface area contributed by atoms with Crippen molar-refractivity contribution >= 4 is 21.2 Å². The van der Waals surface area contributed by atoms with E-state index in [1.54, 1.807) is 0 Å². The van der Waals surface area contributed by atoms with Gasteiger partial charge in [0, 0.05) is 6.61 Å². The van der Waals surface area contributed by atoms with E-state index in [4.69, 9.17) is 9.84 Å². The van der Waals surface area contributed by atoms with E-state index in [0.717, 1.165) is 27.1 Å². The summed E-state index contributed by atoms with van der Waals surface area (Å²) in [6.45, 7) is 12.0. The molecule has 0 saturated carbocycles. The Morgan fingerprint density at radius 2 is 1.65 bits per heavy atom. The van der Waals surface area contributed by atoms with Gasteiger partial charge in [0.05, 0.1) is 13.0 Å². The number of rotatable bonds is 8. The van der Waals surface area contributed by atoms with Gasteiger partial charge in [-0.25, -0.2) is 0 Å². The molecule has 0 spiro atoms. The molecule has 101 valence electrons. The van der Waals surface area contributed by atoms with Gasteiger partial charge in [-0.05, 0) is 6.92 Å². The zero-order valence-electron chi connectivity index (χ0n) is 12.0. The van der Waals surface area contributed by atoms with E-state index in [0.29, 0.717) is 13.2 Å². The van der Waals surface area contributed by atoms with E-state index in [-0.39, 0.29) is 6.42 Å². The van der Waals surface area contributed by atoms with Crippen molar-refractivity contribution in [2.45, 2.75) is 51.6 Å². The van der Waals surface area contributed by atoms with Crippen LogP contribution in [0.25, 0.3) is 0 Å². The highest BCUT2D eigenvalue weighted by molar-refractivity contribution is 6.35. The Balaban J connectivity index is 0. The maximum atomic E-state index is 9.79. The molecule has 3 nitrogen and oxygen atoms in total. The van der Waals surface area contributed by atoms with Crippen molar-refractivity contribution in [3.05, 3.63) is 0 Å². The van der Waals surface area contributed by atoms with Crippen LogP contribution in [0.3, 0.4) is 0 Å². The molecule has 0 bridgehead atoms. The molecule has 0 aliphatic rings. The monoisotopic (exact) mass is 259 g/mol. The van der Waals surface area contributed by atoms with Crippen molar-refractivity contribution in [1.82, 2.24) is 0 Å². The number of ether oxygens (including phenoxy) is 1. The molecule has 0 aliphatic heterocycles. The molecule has 0 rings (SSSR count). The van der Waals surface area contributed by atoms with Crippen LogP contribution in [-0.2, 0) is 9.53 Å². The molecule has 0 saturated heterocycles. The van der Waals surface area contributed by atoms with Gasteiger partial charge in [-0.15, -0.1) is 10.6 Å². The van der Waals surface area contributed by atoms with Crippen LogP contribution >= 0.6 is 0 Å². The highest BCUT2D eigenvalue weighted by Crippen LogP contribution is 2.05. The summed E-state index contributed by atoms with van der Waals surface area (Å²) in [4.78, 5) is 9.79. The van der Waals surface area contributed by atoms with Crippen molar-refractivity contribution in [2.24, 2.45) is 11.8 Å². The first-order chi connectivity index (χ1) is 7.90. The maximum absolute atomic E-state index is 9.79. The molecule has 1 radical (unpaired) electrons. The number of carboxylic acid groups (broad SMARTS) is 1. The average molecular weight is 259 g/mol. The molecule has 0 aromatic heterocycles. The number of carboxylic acids is 1. The summed E-state index contributed by atoms with van der Waals surface area (Å²) < 4.78 is 4.76. The number of carbonyl (C=O) groups is 1. The second-order valence-electron chi connectivity index (χ2n) is 4.89. The molecule has 0 aromatic carbocycles. The van der Waals surface area contributed by atoms with Gasteiger partial charge < -0.3 is 9.84 Å². The van der Waals surface area contributed by atoms with Crippen molar-refractivity contribution in [3.8, 4) is 0 Å². The van der Waals surface area contributed by atoms with Crippen molar-refractivity contribution in [3.63, 3.8) is 0 Å². The van der Waals surface area contributed by atoms with Crippen LogP contribution < -0.4 is 0 Å². The fourth-order valence-electron chi connectivity index (χ4n) is 1.07. The Hall–Kier alpha value is -0.0375. The third kappa shape index (κ3) is 25.9. The summed E-state index contributed by atoms with van der Waals surface area (Å²) in [7, 11) is 0. The summed E-state index contributed by atoms with van der Waals surface area (Å²) >= 11 is 0.755. The minimum Gasteiger partial charge on any atom is -0.481 e. The van der Waals surface area contributed by atoms with Crippen molar-refractivity contribution in [1.29, 1.82) is 0 Å². The lowest BCUT2D eigenvalue weighted by atomic mass is 10.3. The van der Waals surface area contributed by atoms with Crippen molar-refractivity contribution < 1.29 is 14.6 Å². The van der Waals surface area contributed by atoms with Crippen LogP contribution in [-0.4, -0.2) is 39.5 Å². The number of aliphatic carboxylic acids is 1. The lowest BCUT2D eigenvalue weighted by Gasteiger charge is -2.03. The second kappa shape index (κ2) is 14.0. The predicted octanol–water partition coefficient (Wildman–Crippen LogP) is 3.34. The minimum atomic E-state index is -0.807. The zero-order valence-corrected chi connectivity index (χ0v) is 13.2. The molecule has 0 atom stereocenters. The predicted molar refractivity (Wildman–Crippen MR) is 73.8 cm³/mol. The van der Waals surface area contributed by atoms with Gasteiger partial charge in [0.15, 0.2) is 0 Å². The average Bonchev–Trinajstić information content (AvgIpc) is 2.17. The molecule has 0 aromatic rings. The topological polar surface area (TPSA) is 46.5 Å². The Labute approximate surface area is 113 Å². The summed E-state index contributed by atoms with van der Waals surface area (Å²) in [5.74, 6) is 1.05. The van der Waals surface area contributed by atoms with Gasteiger partial charge in [0.1, 0.15) is 0 Å². The zero-order chi connectivity index (χ0) is 13.7. The van der Waals surface area contributed by atoms with Crippen LogP contribution in [0.1, 0.15) is 41.0 Å².